The second-order valence-electron chi connectivity index (χ2n) is 6.08. The van der Waals surface area contributed by atoms with Gasteiger partial charge in [-0.1, -0.05) is 41.4 Å². The molecule has 0 radical (unpaired) electrons. The van der Waals surface area contributed by atoms with Crippen molar-refractivity contribution in [3.05, 3.63) is 69.0 Å². The first-order chi connectivity index (χ1) is 13.9. The van der Waals surface area contributed by atoms with E-state index in [1.807, 2.05) is 23.6 Å². The van der Waals surface area contributed by atoms with E-state index in [2.05, 4.69) is 15.8 Å². The predicted molar refractivity (Wildman–Crippen MR) is 125 cm³/mol. The standard InChI is InChI=1S/C20H17Cl2N3O2S2/c1-11(24-25-20(28)23-14-4-2-3-12(7-14)9-26)15-10-29-19(18(15)27)13-5-6-16(21)17(22)8-13/h2-8,10,26-27H,9H2,1H3,(H2,23,25,28). The molecule has 0 bridgehead atoms. The number of nitrogens with one attached hydrogen (secondary N) is 2. The third-order valence-electron chi connectivity index (χ3n) is 4.03. The van der Waals surface area contributed by atoms with Crippen LogP contribution in [0.1, 0.15) is 18.1 Å². The van der Waals surface area contributed by atoms with Crippen molar-refractivity contribution < 1.29 is 10.2 Å². The zero-order valence-electron chi connectivity index (χ0n) is 15.2. The first kappa shape index (κ1) is 21.5. The Labute approximate surface area is 187 Å². The number of rotatable bonds is 5. The highest BCUT2D eigenvalue weighted by Crippen LogP contribution is 2.40. The third-order valence-corrected chi connectivity index (χ3v) is 5.98. The van der Waals surface area contributed by atoms with E-state index >= 15 is 0 Å². The normalized spacial score (nSPS) is 11.4. The molecule has 0 saturated heterocycles. The smallest absolute Gasteiger partial charge is 0.191 e. The average molecular weight is 466 g/mol. The van der Waals surface area contributed by atoms with E-state index in [0.717, 1.165) is 16.8 Å². The minimum Gasteiger partial charge on any atom is -0.506 e. The van der Waals surface area contributed by atoms with Crippen LogP contribution in [0, 0.1) is 0 Å². The molecule has 0 atom stereocenters. The number of hydrazone groups is 1. The van der Waals surface area contributed by atoms with Crippen molar-refractivity contribution in [1.29, 1.82) is 0 Å². The minimum absolute atomic E-state index is 0.0500. The molecule has 0 unspecified atom stereocenters. The van der Waals surface area contributed by atoms with E-state index in [1.54, 1.807) is 31.2 Å². The van der Waals surface area contributed by atoms with Gasteiger partial charge in [0.15, 0.2) is 5.11 Å². The third kappa shape index (κ3) is 5.26. The number of aliphatic hydroxyl groups is 1. The van der Waals surface area contributed by atoms with Crippen LogP contribution in [0.3, 0.4) is 0 Å². The Morgan fingerprint density at radius 3 is 2.69 bits per heavy atom. The molecule has 29 heavy (non-hydrogen) atoms. The molecule has 150 valence electrons. The minimum atomic E-state index is -0.0500. The van der Waals surface area contributed by atoms with Crippen molar-refractivity contribution in [2.45, 2.75) is 13.5 Å². The van der Waals surface area contributed by atoms with Crippen LogP contribution in [0.4, 0.5) is 5.69 Å². The summed E-state index contributed by atoms with van der Waals surface area (Å²) in [5.41, 5.74) is 6.20. The number of thiocarbonyl (C=S) groups is 1. The molecule has 0 spiro atoms. The summed E-state index contributed by atoms with van der Waals surface area (Å²) in [7, 11) is 0. The summed E-state index contributed by atoms with van der Waals surface area (Å²) in [6.45, 7) is 1.72. The first-order valence-electron chi connectivity index (χ1n) is 8.46. The van der Waals surface area contributed by atoms with Gasteiger partial charge in [0.2, 0.25) is 0 Å². The van der Waals surface area contributed by atoms with Crippen LogP contribution in [-0.2, 0) is 6.61 Å². The summed E-state index contributed by atoms with van der Waals surface area (Å²) in [5.74, 6) is 0.117. The molecule has 0 amide bonds. The van der Waals surface area contributed by atoms with Gasteiger partial charge in [-0.05, 0) is 54.5 Å². The van der Waals surface area contributed by atoms with Gasteiger partial charge in [-0.15, -0.1) is 11.3 Å². The predicted octanol–water partition coefficient (Wildman–Crippen LogP) is 5.63. The summed E-state index contributed by atoms with van der Waals surface area (Å²) in [5, 5.41) is 30.1. The molecule has 0 aliphatic rings. The number of halogens is 2. The first-order valence-corrected chi connectivity index (χ1v) is 10.5. The van der Waals surface area contributed by atoms with Crippen molar-refractivity contribution in [2.24, 2.45) is 5.10 Å². The Bertz CT molecular complexity index is 1080. The molecule has 0 saturated carbocycles. The molecule has 4 N–H and O–H groups in total. The van der Waals surface area contributed by atoms with Crippen LogP contribution in [0.15, 0.2) is 52.9 Å². The monoisotopic (exact) mass is 465 g/mol. The number of aliphatic hydroxyl groups excluding tert-OH is 1. The van der Waals surface area contributed by atoms with Crippen LogP contribution in [0.5, 0.6) is 5.75 Å². The lowest BCUT2D eigenvalue weighted by Crippen LogP contribution is -2.25. The van der Waals surface area contributed by atoms with Gasteiger partial charge in [0.05, 0.1) is 32.8 Å². The van der Waals surface area contributed by atoms with Gasteiger partial charge in [-0.2, -0.15) is 5.10 Å². The number of aromatic hydroxyl groups is 1. The Kier molecular flexibility index (Phi) is 7.10. The molecule has 1 aromatic heterocycles. The number of nitrogens with zero attached hydrogens (tertiary/aromatic N) is 1. The summed E-state index contributed by atoms with van der Waals surface area (Å²) in [4.78, 5) is 0.676. The molecule has 0 aliphatic heterocycles. The number of hydrogen-bond acceptors (Lipinski definition) is 5. The Morgan fingerprint density at radius 2 is 1.97 bits per heavy atom. The number of hydrogen-bond donors (Lipinski definition) is 4. The zero-order valence-corrected chi connectivity index (χ0v) is 18.4. The summed E-state index contributed by atoms with van der Waals surface area (Å²) >= 11 is 18.7. The van der Waals surface area contributed by atoms with Crippen LogP contribution in [0.2, 0.25) is 10.0 Å². The molecule has 0 aliphatic carbocycles. The van der Waals surface area contributed by atoms with E-state index in [1.165, 1.54) is 11.3 Å². The number of benzene rings is 2. The van der Waals surface area contributed by atoms with Crippen molar-refractivity contribution in [1.82, 2.24) is 5.43 Å². The van der Waals surface area contributed by atoms with Crippen molar-refractivity contribution >= 4 is 63.3 Å². The highest BCUT2D eigenvalue weighted by atomic mass is 35.5. The van der Waals surface area contributed by atoms with E-state index in [0.29, 0.717) is 31.3 Å². The SMILES string of the molecule is CC(=NNC(=S)Nc1cccc(CO)c1)c1csc(-c2ccc(Cl)c(Cl)c2)c1O. The zero-order chi connectivity index (χ0) is 21.0. The topological polar surface area (TPSA) is 76.9 Å². The van der Waals surface area contributed by atoms with Gasteiger partial charge in [0.25, 0.3) is 0 Å². The fourth-order valence-electron chi connectivity index (χ4n) is 2.55. The van der Waals surface area contributed by atoms with Crippen LogP contribution >= 0.6 is 46.8 Å². The van der Waals surface area contributed by atoms with Gasteiger partial charge in [0, 0.05) is 11.1 Å². The molecule has 2 aromatic carbocycles. The van der Waals surface area contributed by atoms with Gasteiger partial charge in [0.1, 0.15) is 5.75 Å². The lowest BCUT2D eigenvalue weighted by molar-refractivity contribution is 0.282. The fraction of sp³-hybridized carbons (Fsp3) is 0.100. The highest BCUT2D eigenvalue weighted by Gasteiger charge is 2.15. The maximum atomic E-state index is 10.6. The van der Waals surface area contributed by atoms with E-state index in [4.69, 9.17) is 35.4 Å². The van der Waals surface area contributed by atoms with E-state index in [9.17, 15) is 10.2 Å². The summed E-state index contributed by atoms with van der Waals surface area (Å²) < 4.78 is 0. The lowest BCUT2D eigenvalue weighted by Gasteiger charge is -2.09. The molecule has 0 fully saturated rings. The lowest BCUT2D eigenvalue weighted by atomic mass is 10.1. The molecule has 9 heteroatoms. The Balaban J connectivity index is 1.72. The molecule has 3 rings (SSSR count). The van der Waals surface area contributed by atoms with Crippen molar-refractivity contribution in [3.8, 4) is 16.2 Å². The quantitative estimate of drug-likeness (QED) is 0.223. The second kappa shape index (κ2) is 9.56. The number of anilines is 1. The molecular weight excluding hydrogens is 449 g/mol. The van der Waals surface area contributed by atoms with E-state index in [-0.39, 0.29) is 12.4 Å². The maximum Gasteiger partial charge on any atom is 0.191 e. The Morgan fingerprint density at radius 1 is 1.17 bits per heavy atom. The highest BCUT2D eigenvalue weighted by molar-refractivity contribution is 7.80. The fourth-order valence-corrected chi connectivity index (χ4v) is 4.02. The van der Waals surface area contributed by atoms with Crippen molar-refractivity contribution in [3.63, 3.8) is 0 Å². The van der Waals surface area contributed by atoms with Crippen LogP contribution in [-0.4, -0.2) is 21.0 Å². The summed E-state index contributed by atoms with van der Waals surface area (Å²) in [6.07, 6.45) is 0. The van der Waals surface area contributed by atoms with Crippen LogP contribution in [0.25, 0.3) is 10.4 Å². The largest absolute Gasteiger partial charge is 0.506 e. The van der Waals surface area contributed by atoms with Crippen molar-refractivity contribution in [2.75, 3.05) is 5.32 Å². The molecular formula is C20H17Cl2N3O2S2. The summed E-state index contributed by atoms with van der Waals surface area (Å²) in [6, 6.07) is 12.5. The maximum absolute atomic E-state index is 10.6. The number of thiophene rings is 1. The second-order valence-corrected chi connectivity index (χ2v) is 8.18. The van der Waals surface area contributed by atoms with Gasteiger partial charge in [-0.3, -0.25) is 5.43 Å². The van der Waals surface area contributed by atoms with Gasteiger partial charge >= 0.3 is 0 Å². The van der Waals surface area contributed by atoms with Gasteiger partial charge < -0.3 is 15.5 Å². The average Bonchev–Trinajstić information content (AvgIpc) is 3.10. The molecule has 3 aromatic rings. The Hall–Kier alpha value is -2.16. The molecule has 5 nitrogen and oxygen atoms in total. The molecule has 1 heterocycles. The van der Waals surface area contributed by atoms with Gasteiger partial charge in [-0.25, -0.2) is 0 Å². The van der Waals surface area contributed by atoms with E-state index < -0.39 is 0 Å². The van der Waals surface area contributed by atoms with Crippen LogP contribution < -0.4 is 10.7 Å².